The molecule has 170 valence electrons. The first-order valence-electron chi connectivity index (χ1n) is 10.1. The molecule has 3 N–H and O–H groups in total. The van der Waals surface area contributed by atoms with Crippen LogP contribution in [0.3, 0.4) is 0 Å². The Bertz CT molecular complexity index is 1230. The monoisotopic (exact) mass is 462 g/mol. The fourth-order valence-corrected chi connectivity index (χ4v) is 4.57. The Balaban J connectivity index is 1.59. The van der Waals surface area contributed by atoms with Crippen molar-refractivity contribution in [3.63, 3.8) is 0 Å². The molecule has 0 amide bonds. The molecule has 0 aromatic carbocycles. The Morgan fingerprint density at radius 2 is 2.06 bits per heavy atom. The third kappa shape index (κ3) is 4.57. The summed E-state index contributed by atoms with van der Waals surface area (Å²) in [7, 11) is -2.58. The first-order valence-corrected chi connectivity index (χ1v) is 11.9. The molecule has 0 bridgehead atoms. The highest BCUT2D eigenvalue weighted by atomic mass is 31.2. The largest absolute Gasteiger partial charge is 0.480 e. The smallest absolute Gasteiger partial charge is 0.325 e. The van der Waals surface area contributed by atoms with Crippen molar-refractivity contribution >= 4 is 30.1 Å². The number of methoxy groups -OCH3 is 1. The maximum atomic E-state index is 13.0. The summed E-state index contributed by atoms with van der Waals surface area (Å²) < 4.78 is 17.2. The Kier molecular flexibility index (Phi) is 6.09. The summed E-state index contributed by atoms with van der Waals surface area (Å²) >= 11 is 0. The van der Waals surface area contributed by atoms with E-state index >= 15 is 0 Å². The summed E-state index contributed by atoms with van der Waals surface area (Å²) in [6.07, 6.45) is 6.01. The van der Waals surface area contributed by atoms with E-state index in [9.17, 15) is 14.2 Å². The minimum atomic E-state index is -3.99. The number of pyridine rings is 1. The molecule has 0 saturated carbocycles. The van der Waals surface area contributed by atoms with E-state index in [4.69, 9.17) is 14.5 Å². The zero-order valence-corrected chi connectivity index (χ0v) is 18.2. The Morgan fingerprint density at radius 1 is 1.31 bits per heavy atom. The lowest BCUT2D eigenvalue weighted by Crippen LogP contribution is -2.35. The van der Waals surface area contributed by atoms with Gasteiger partial charge in [0.1, 0.15) is 16.9 Å². The van der Waals surface area contributed by atoms with Gasteiger partial charge in [0.25, 0.3) is 11.5 Å². The highest BCUT2D eigenvalue weighted by molar-refractivity contribution is 7.51. The second-order valence-electron chi connectivity index (χ2n) is 7.69. The van der Waals surface area contributed by atoms with Crippen LogP contribution in [0.4, 0.5) is 5.82 Å². The Hall–Kier alpha value is -3.08. The summed E-state index contributed by atoms with van der Waals surface area (Å²) in [6, 6.07) is 1.73. The Morgan fingerprint density at radius 3 is 2.69 bits per heavy atom. The molecule has 3 aromatic rings. The average Bonchev–Trinajstić information content (AvgIpc) is 3.31. The van der Waals surface area contributed by atoms with Crippen LogP contribution in [0.15, 0.2) is 29.6 Å². The van der Waals surface area contributed by atoms with Gasteiger partial charge in [0.2, 0.25) is 5.88 Å². The van der Waals surface area contributed by atoms with Gasteiger partial charge in [-0.05, 0) is 31.2 Å². The molecule has 3 aromatic heterocycles. The molecule has 0 aliphatic carbocycles. The average molecular weight is 462 g/mol. The van der Waals surface area contributed by atoms with E-state index in [0.717, 1.165) is 17.5 Å². The van der Waals surface area contributed by atoms with Gasteiger partial charge in [-0.15, -0.1) is 0 Å². The van der Waals surface area contributed by atoms with Gasteiger partial charge in [0.05, 0.1) is 32.0 Å². The van der Waals surface area contributed by atoms with Gasteiger partial charge < -0.3 is 24.4 Å². The maximum Gasteiger partial charge on any atom is 0.325 e. The van der Waals surface area contributed by atoms with Gasteiger partial charge in [-0.3, -0.25) is 14.2 Å². The molecule has 0 atom stereocenters. The number of nitrogens with one attached hydrogen (secondary N) is 1. The lowest BCUT2D eigenvalue weighted by molar-refractivity contribution is 0.0935. The Labute approximate surface area is 182 Å². The van der Waals surface area contributed by atoms with E-state index in [-0.39, 0.29) is 29.0 Å². The number of fused-ring (bicyclic) bond motifs is 1. The molecule has 4 heterocycles. The molecule has 0 unspecified atom stereocenters. The minimum absolute atomic E-state index is 0.0969. The van der Waals surface area contributed by atoms with Crippen molar-refractivity contribution in [2.75, 3.05) is 31.3 Å². The zero-order valence-electron chi connectivity index (χ0n) is 17.3. The van der Waals surface area contributed by atoms with E-state index < -0.39 is 19.1 Å². The summed E-state index contributed by atoms with van der Waals surface area (Å²) in [5, 5.41) is 4.66. The minimum Gasteiger partial charge on any atom is -0.480 e. The van der Waals surface area contributed by atoms with Gasteiger partial charge >= 0.3 is 7.60 Å². The molecule has 0 radical (unpaired) electrons. The number of carbonyl (C=O) groups excluding carboxylic acids is 1. The van der Waals surface area contributed by atoms with E-state index in [1.54, 1.807) is 6.07 Å². The summed E-state index contributed by atoms with van der Waals surface area (Å²) in [6.45, 7) is 1.33. The van der Waals surface area contributed by atoms with Gasteiger partial charge in [0.15, 0.2) is 0 Å². The van der Waals surface area contributed by atoms with Crippen LogP contribution in [0.5, 0.6) is 5.88 Å². The van der Waals surface area contributed by atoms with Crippen molar-refractivity contribution < 1.29 is 23.9 Å². The normalized spacial score (nSPS) is 15.3. The van der Waals surface area contributed by atoms with Crippen molar-refractivity contribution in [3.8, 4) is 5.88 Å². The van der Waals surface area contributed by atoms with Crippen LogP contribution in [0.25, 0.3) is 10.8 Å². The molecule has 0 spiro atoms. The van der Waals surface area contributed by atoms with E-state index in [2.05, 4.69) is 20.1 Å². The molecule has 32 heavy (non-hydrogen) atoms. The maximum absolute atomic E-state index is 13.0. The fraction of sp³-hybridized carbons (Fsp3) is 0.421. The van der Waals surface area contributed by atoms with Crippen LogP contribution < -0.4 is 15.2 Å². The first kappa shape index (κ1) is 22.1. The lowest BCUT2D eigenvalue weighted by atomic mass is 9.94. The third-order valence-electron chi connectivity index (χ3n) is 5.60. The predicted molar refractivity (Wildman–Crippen MR) is 115 cm³/mol. The van der Waals surface area contributed by atoms with Gasteiger partial charge in [-0.1, -0.05) is 0 Å². The summed E-state index contributed by atoms with van der Waals surface area (Å²) in [5.41, 5.74) is -0.515. The first-order chi connectivity index (χ1) is 15.3. The number of hydrogen-bond acceptors (Lipinski definition) is 8. The highest BCUT2D eigenvalue weighted by Gasteiger charge is 2.25. The number of aromatic nitrogens is 5. The van der Waals surface area contributed by atoms with Gasteiger partial charge in [0, 0.05) is 18.5 Å². The van der Waals surface area contributed by atoms with Crippen molar-refractivity contribution in [1.82, 2.24) is 24.7 Å². The number of piperidine rings is 1. The molecule has 13 heteroatoms. The van der Waals surface area contributed by atoms with Crippen molar-refractivity contribution in [3.05, 3.63) is 40.8 Å². The number of carbonyl (C=O) groups is 1. The quantitative estimate of drug-likeness (QED) is 0.450. The second-order valence-corrected chi connectivity index (χ2v) is 9.47. The van der Waals surface area contributed by atoms with E-state index in [1.807, 2.05) is 4.90 Å². The molecule has 1 aliphatic heterocycles. The van der Waals surface area contributed by atoms with Crippen molar-refractivity contribution in [1.29, 1.82) is 0 Å². The summed E-state index contributed by atoms with van der Waals surface area (Å²) in [5.74, 6) is 0.308. The number of aromatic amines is 1. The van der Waals surface area contributed by atoms with Crippen molar-refractivity contribution in [2.45, 2.75) is 19.3 Å². The number of imidazole rings is 1. The molecule has 1 saturated heterocycles. The number of rotatable bonds is 6. The van der Waals surface area contributed by atoms with Gasteiger partial charge in [-0.25, -0.2) is 4.98 Å². The summed E-state index contributed by atoms with van der Waals surface area (Å²) in [4.78, 5) is 56.7. The molecular weight excluding hydrogens is 439 g/mol. The number of anilines is 1. The molecule has 1 aliphatic rings. The number of nitrogens with zero attached hydrogens (tertiary/aromatic N) is 5. The zero-order chi connectivity index (χ0) is 22.9. The molecule has 12 nitrogen and oxygen atoms in total. The van der Waals surface area contributed by atoms with E-state index in [0.29, 0.717) is 30.7 Å². The SMILES string of the molecule is COc1nc(N2CCC(CCP(=O)(O)O)CC2)cc2cnn(C(=O)c3cnc[nH]3)c(=O)c12. The molecule has 1 fully saturated rings. The third-order valence-corrected chi connectivity index (χ3v) is 6.44. The van der Waals surface area contributed by atoms with Crippen LogP contribution >= 0.6 is 7.60 Å². The molecular formula is C19H23N6O6P. The lowest BCUT2D eigenvalue weighted by Gasteiger charge is -2.33. The van der Waals surface area contributed by atoms with Crippen LogP contribution in [0.1, 0.15) is 29.8 Å². The highest BCUT2D eigenvalue weighted by Crippen LogP contribution is 2.38. The standard InChI is InChI=1S/C19H23N6O6P/c1-31-17-16-13(9-22-25(19(16)27)18(26)14-10-20-11-21-14)8-15(23-17)24-5-2-12(3-6-24)4-7-32(28,29)30/h8-12H,2-7H2,1H3,(H,20,21)(H2,28,29,30). The van der Waals surface area contributed by atoms with Gasteiger partial charge in [-0.2, -0.15) is 14.8 Å². The van der Waals surface area contributed by atoms with Crippen LogP contribution in [0.2, 0.25) is 0 Å². The number of H-pyrrole nitrogens is 1. The molecule has 4 rings (SSSR count). The van der Waals surface area contributed by atoms with Crippen LogP contribution in [0, 0.1) is 5.92 Å². The van der Waals surface area contributed by atoms with Crippen LogP contribution in [-0.4, -0.2) is 66.8 Å². The van der Waals surface area contributed by atoms with E-state index in [1.165, 1.54) is 25.8 Å². The second kappa shape index (κ2) is 8.81. The topological polar surface area (TPSA) is 164 Å². The van der Waals surface area contributed by atoms with Crippen LogP contribution in [-0.2, 0) is 4.57 Å². The number of ether oxygens (including phenoxy) is 1. The van der Waals surface area contributed by atoms with Crippen molar-refractivity contribution in [2.24, 2.45) is 5.92 Å². The number of hydrogen-bond donors (Lipinski definition) is 3. The fourth-order valence-electron chi connectivity index (χ4n) is 3.86. The predicted octanol–water partition coefficient (Wildman–Crippen LogP) is 0.996.